The molecule has 0 radical (unpaired) electrons. The Hall–Kier alpha value is -2.04. The molecular weight excluding hydrogens is 282 g/mol. The Morgan fingerprint density at radius 2 is 1.77 bits per heavy atom. The molecule has 5 nitrogen and oxygen atoms in total. The van der Waals surface area contributed by atoms with Crippen LogP contribution >= 0.6 is 0 Å². The second kappa shape index (κ2) is 8.41. The summed E-state index contributed by atoms with van der Waals surface area (Å²) in [4.78, 5) is 24.3. The van der Waals surface area contributed by atoms with Gasteiger partial charge in [0.25, 0.3) is 0 Å². The molecule has 0 unspecified atom stereocenters. The van der Waals surface area contributed by atoms with Crippen molar-refractivity contribution >= 4 is 12.1 Å². The molecule has 0 aromatic heterocycles. The Balaban J connectivity index is 2.53. The van der Waals surface area contributed by atoms with Crippen molar-refractivity contribution in [3.8, 4) is 0 Å². The zero-order chi connectivity index (χ0) is 16.6. The van der Waals surface area contributed by atoms with Gasteiger partial charge >= 0.3 is 12.1 Å². The molecule has 0 saturated heterocycles. The highest BCUT2D eigenvalue weighted by Crippen LogP contribution is 2.11. The van der Waals surface area contributed by atoms with Gasteiger partial charge in [-0.3, -0.25) is 4.79 Å². The zero-order valence-electron chi connectivity index (χ0n) is 13.5. The second-order valence-electron chi connectivity index (χ2n) is 6.20. The summed E-state index contributed by atoms with van der Waals surface area (Å²) in [5.41, 5.74) is 0.614. The maximum Gasteiger partial charge on any atom is 0.410 e. The third kappa shape index (κ3) is 7.67. The summed E-state index contributed by atoms with van der Waals surface area (Å²) in [6.07, 6.45) is 1.07. The molecule has 5 heteroatoms. The van der Waals surface area contributed by atoms with E-state index in [1.165, 1.54) is 10.5 Å². The molecule has 0 saturated carbocycles. The predicted molar refractivity (Wildman–Crippen MR) is 84.8 cm³/mol. The van der Waals surface area contributed by atoms with Crippen LogP contribution in [0.1, 0.15) is 39.2 Å². The number of hydrogen-bond donors (Lipinski definition) is 1. The molecule has 0 aliphatic heterocycles. The quantitative estimate of drug-likeness (QED) is 0.839. The molecule has 1 N–H and O–H groups in total. The summed E-state index contributed by atoms with van der Waals surface area (Å²) in [5.74, 6) is -0.920. The molecule has 1 amide bonds. The molecule has 0 heterocycles. The Morgan fingerprint density at radius 1 is 1.14 bits per heavy atom. The van der Waals surface area contributed by atoms with Crippen LogP contribution in [0.25, 0.3) is 0 Å². The molecule has 0 aliphatic carbocycles. The van der Waals surface area contributed by atoms with Crippen molar-refractivity contribution in [2.24, 2.45) is 0 Å². The van der Waals surface area contributed by atoms with E-state index in [1.54, 1.807) is 20.8 Å². The van der Waals surface area contributed by atoms with Crippen LogP contribution in [0.3, 0.4) is 0 Å². The molecule has 0 bridgehead atoms. The van der Waals surface area contributed by atoms with Crippen molar-refractivity contribution in [1.82, 2.24) is 4.90 Å². The van der Waals surface area contributed by atoms with Crippen LogP contribution in [0.4, 0.5) is 4.79 Å². The first kappa shape index (κ1) is 18.0. The van der Waals surface area contributed by atoms with Gasteiger partial charge in [0.15, 0.2) is 0 Å². The fourth-order valence-electron chi connectivity index (χ4n) is 1.97. The predicted octanol–water partition coefficient (Wildman–Crippen LogP) is 3.33. The molecule has 0 fully saturated rings. The minimum absolute atomic E-state index is 0.0788. The smallest absolute Gasteiger partial charge is 0.410 e. The Labute approximate surface area is 131 Å². The van der Waals surface area contributed by atoms with Gasteiger partial charge in [-0.25, -0.2) is 4.79 Å². The molecule has 1 aromatic carbocycles. The number of nitrogens with zero attached hydrogens (tertiary/aromatic N) is 1. The van der Waals surface area contributed by atoms with E-state index in [-0.39, 0.29) is 13.0 Å². The lowest BCUT2D eigenvalue weighted by atomic mass is 10.1. The van der Waals surface area contributed by atoms with Gasteiger partial charge in [0.2, 0.25) is 0 Å². The summed E-state index contributed by atoms with van der Waals surface area (Å²) in [6, 6.07) is 9.99. The number of carbonyl (C=O) groups is 2. The van der Waals surface area contributed by atoms with Gasteiger partial charge in [-0.2, -0.15) is 0 Å². The summed E-state index contributed by atoms with van der Waals surface area (Å²) in [5, 5.41) is 8.80. The van der Waals surface area contributed by atoms with E-state index in [0.29, 0.717) is 6.54 Å². The minimum atomic E-state index is -0.920. The van der Waals surface area contributed by atoms with Crippen molar-refractivity contribution in [3.63, 3.8) is 0 Å². The van der Waals surface area contributed by atoms with Crippen LogP contribution in [0, 0.1) is 0 Å². The number of rotatable bonds is 7. The standard InChI is InChI=1S/C17H25NO4/c1-17(2,3)22-16(21)18(13-11-15(19)20)12-7-10-14-8-5-4-6-9-14/h4-6,8-9H,7,10-13H2,1-3H3,(H,19,20). The van der Waals surface area contributed by atoms with Crippen molar-refractivity contribution in [1.29, 1.82) is 0 Å². The third-order valence-corrected chi connectivity index (χ3v) is 2.98. The first-order chi connectivity index (χ1) is 10.3. The van der Waals surface area contributed by atoms with E-state index < -0.39 is 17.7 Å². The number of carboxylic acids is 1. The average Bonchev–Trinajstić information content (AvgIpc) is 2.41. The third-order valence-electron chi connectivity index (χ3n) is 2.98. The van der Waals surface area contributed by atoms with Gasteiger partial charge in [0.1, 0.15) is 5.60 Å². The van der Waals surface area contributed by atoms with Gasteiger partial charge in [-0.15, -0.1) is 0 Å². The highest BCUT2D eigenvalue weighted by Gasteiger charge is 2.22. The lowest BCUT2D eigenvalue weighted by Crippen LogP contribution is -2.38. The van der Waals surface area contributed by atoms with Gasteiger partial charge in [0.05, 0.1) is 6.42 Å². The largest absolute Gasteiger partial charge is 0.481 e. The molecule has 0 spiro atoms. The van der Waals surface area contributed by atoms with Crippen LogP contribution < -0.4 is 0 Å². The number of amides is 1. The van der Waals surface area contributed by atoms with Gasteiger partial charge < -0.3 is 14.7 Å². The number of carbonyl (C=O) groups excluding carboxylic acids is 1. The topological polar surface area (TPSA) is 66.8 Å². The highest BCUT2D eigenvalue weighted by atomic mass is 16.6. The monoisotopic (exact) mass is 307 g/mol. The highest BCUT2D eigenvalue weighted by molar-refractivity contribution is 5.70. The van der Waals surface area contributed by atoms with Crippen LogP contribution in [0.2, 0.25) is 0 Å². The van der Waals surface area contributed by atoms with Gasteiger partial charge in [-0.05, 0) is 39.2 Å². The molecule has 1 aromatic rings. The fourth-order valence-corrected chi connectivity index (χ4v) is 1.97. The van der Waals surface area contributed by atoms with Crippen LogP contribution in [0.15, 0.2) is 30.3 Å². The number of benzene rings is 1. The van der Waals surface area contributed by atoms with Crippen LogP contribution in [0.5, 0.6) is 0 Å². The van der Waals surface area contributed by atoms with Crippen molar-refractivity contribution in [2.45, 2.75) is 45.6 Å². The van der Waals surface area contributed by atoms with E-state index in [4.69, 9.17) is 9.84 Å². The van der Waals surface area contributed by atoms with E-state index in [9.17, 15) is 9.59 Å². The Morgan fingerprint density at radius 3 is 2.32 bits per heavy atom. The summed E-state index contributed by atoms with van der Waals surface area (Å²) in [6.45, 7) is 6.04. The maximum atomic E-state index is 12.1. The Bertz CT molecular complexity index is 479. The summed E-state index contributed by atoms with van der Waals surface area (Å²) < 4.78 is 5.33. The first-order valence-electron chi connectivity index (χ1n) is 7.51. The van der Waals surface area contributed by atoms with Crippen LogP contribution in [-0.2, 0) is 16.0 Å². The second-order valence-corrected chi connectivity index (χ2v) is 6.20. The van der Waals surface area contributed by atoms with Crippen molar-refractivity contribution < 1.29 is 19.4 Å². The number of aliphatic carboxylic acids is 1. The van der Waals surface area contributed by atoms with Crippen molar-refractivity contribution in [3.05, 3.63) is 35.9 Å². The first-order valence-corrected chi connectivity index (χ1v) is 7.51. The molecular formula is C17H25NO4. The SMILES string of the molecule is CC(C)(C)OC(=O)N(CCCc1ccccc1)CCC(=O)O. The number of hydrogen-bond acceptors (Lipinski definition) is 3. The minimum Gasteiger partial charge on any atom is -0.481 e. The lowest BCUT2D eigenvalue weighted by molar-refractivity contribution is -0.137. The molecule has 22 heavy (non-hydrogen) atoms. The van der Waals surface area contributed by atoms with Gasteiger partial charge in [0, 0.05) is 13.1 Å². The molecule has 0 aliphatic rings. The molecule has 0 atom stereocenters. The van der Waals surface area contributed by atoms with Crippen molar-refractivity contribution in [2.75, 3.05) is 13.1 Å². The molecule has 1 rings (SSSR count). The van der Waals surface area contributed by atoms with E-state index >= 15 is 0 Å². The number of carboxylic acid groups (broad SMARTS) is 1. The van der Waals surface area contributed by atoms with E-state index in [0.717, 1.165) is 12.8 Å². The molecule has 122 valence electrons. The number of aryl methyl sites for hydroxylation is 1. The lowest BCUT2D eigenvalue weighted by Gasteiger charge is -2.27. The normalized spacial score (nSPS) is 11.0. The summed E-state index contributed by atoms with van der Waals surface area (Å²) >= 11 is 0. The van der Waals surface area contributed by atoms with Crippen LogP contribution in [-0.4, -0.2) is 40.8 Å². The number of ether oxygens (including phenoxy) is 1. The summed E-state index contributed by atoms with van der Waals surface area (Å²) in [7, 11) is 0. The zero-order valence-corrected chi connectivity index (χ0v) is 13.5. The van der Waals surface area contributed by atoms with Gasteiger partial charge in [-0.1, -0.05) is 30.3 Å². The maximum absolute atomic E-state index is 12.1. The average molecular weight is 307 g/mol. The Kier molecular flexibility index (Phi) is 6.89. The van der Waals surface area contributed by atoms with E-state index in [2.05, 4.69) is 0 Å². The van der Waals surface area contributed by atoms with E-state index in [1.807, 2.05) is 30.3 Å². The fraction of sp³-hybridized carbons (Fsp3) is 0.529.